The Bertz CT molecular complexity index is 861. The topological polar surface area (TPSA) is 34.9 Å². The molecule has 2 rings (SSSR count). The van der Waals surface area contributed by atoms with Crippen LogP contribution < -0.4 is 0 Å². The molecule has 1 unspecified atom stereocenters. The molecule has 1 atom stereocenters. The Labute approximate surface area is 138 Å². The zero-order valence-electron chi connectivity index (χ0n) is 13.3. The van der Waals surface area contributed by atoms with E-state index in [4.69, 9.17) is 11.6 Å². The Morgan fingerprint density at radius 3 is 2.35 bits per heavy atom. The first-order valence-corrected chi connectivity index (χ1v) is 9.09. The molecule has 0 aliphatic rings. The minimum atomic E-state index is -4.88. The largest absolute Gasteiger partial charge is 0.463 e. The quantitative estimate of drug-likeness (QED) is 0.744. The van der Waals surface area contributed by atoms with Gasteiger partial charge in [0.25, 0.3) is 0 Å². The van der Waals surface area contributed by atoms with Crippen LogP contribution in [0.25, 0.3) is 10.9 Å². The Morgan fingerprint density at radius 2 is 1.87 bits per heavy atom. The van der Waals surface area contributed by atoms with Gasteiger partial charge in [0.15, 0.2) is 0 Å². The number of fused-ring (bicyclic) bond motifs is 1. The summed E-state index contributed by atoms with van der Waals surface area (Å²) in [6, 6.07) is 3.47. The van der Waals surface area contributed by atoms with Crippen LogP contribution in [0.1, 0.15) is 32.0 Å². The van der Waals surface area contributed by atoms with Crippen LogP contribution in [0, 0.1) is 0 Å². The van der Waals surface area contributed by atoms with E-state index in [1.165, 1.54) is 4.68 Å². The van der Waals surface area contributed by atoms with Gasteiger partial charge in [-0.1, -0.05) is 38.4 Å². The summed E-state index contributed by atoms with van der Waals surface area (Å²) in [4.78, 5) is 0. The number of rotatable bonds is 2. The molecule has 0 radical (unpaired) electrons. The van der Waals surface area contributed by atoms with Crippen LogP contribution in [-0.4, -0.2) is 25.4 Å². The van der Waals surface area contributed by atoms with Crippen molar-refractivity contribution in [2.24, 2.45) is 7.05 Å². The van der Waals surface area contributed by atoms with E-state index in [2.05, 4.69) is 11.0 Å². The van der Waals surface area contributed by atoms with Crippen LogP contribution in [0.2, 0.25) is 5.02 Å². The summed E-state index contributed by atoms with van der Waals surface area (Å²) in [7, 11) is -2.69. The highest BCUT2D eigenvalue weighted by molar-refractivity contribution is 8.00. The lowest BCUT2D eigenvalue weighted by molar-refractivity contribution is -0.0393. The molecule has 0 spiro atoms. The van der Waals surface area contributed by atoms with Gasteiger partial charge in [0.1, 0.15) is 0 Å². The van der Waals surface area contributed by atoms with E-state index in [1.807, 2.05) is 26.8 Å². The van der Waals surface area contributed by atoms with Crippen molar-refractivity contribution >= 4 is 37.9 Å². The third kappa shape index (κ3) is 3.21. The third-order valence-electron chi connectivity index (χ3n) is 3.61. The molecule has 0 aliphatic heterocycles. The molecule has 2 aromatic rings. The molecule has 0 fully saturated rings. The summed E-state index contributed by atoms with van der Waals surface area (Å²) in [5.41, 5.74) is -3.52. The van der Waals surface area contributed by atoms with Crippen LogP contribution in [0.3, 0.4) is 0 Å². The van der Waals surface area contributed by atoms with Gasteiger partial charge in [-0.2, -0.15) is 18.3 Å². The highest BCUT2D eigenvalue weighted by atomic mass is 35.5. The molecular formula is C15H18ClF3N2OS. The number of benzene rings is 1. The predicted molar refractivity (Wildman–Crippen MR) is 89.4 cm³/mol. The zero-order valence-corrected chi connectivity index (χ0v) is 14.9. The van der Waals surface area contributed by atoms with Crippen molar-refractivity contribution in [2.75, 3.05) is 0 Å². The second-order valence-corrected chi connectivity index (χ2v) is 9.32. The number of alkyl halides is 3. The smallest absolute Gasteiger partial charge is 0.267 e. The Kier molecular flexibility index (Phi) is 4.27. The van der Waals surface area contributed by atoms with Gasteiger partial charge in [0.2, 0.25) is 0 Å². The highest BCUT2D eigenvalue weighted by Crippen LogP contribution is 2.37. The maximum Gasteiger partial charge on any atom is 0.463 e. The van der Waals surface area contributed by atoms with Crippen molar-refractivity contribution < 1.29 is 17.4 Å². The molecule has 0 saturated carbocycles. The summed E-state index contributed by atoms with van der Waals surface area (Å²) < 4.78 is 52.1. The second-order valence-electron chi connectivity index (χ2n) is 6.54. The number of aryl methyl sites for hydroxylation is 1. The van der Waals surface area contributed by atoms with Crippen LogP contribution in [0.15, 0.2) is 12.1 Å². The Balaban J connectivity index is 2.75. The summed E-state index contributed by atoms with van der Waals surface area (Å²) in [5, 5.41) is 4.83. The van der Waals surface area contributed by atoms with Crippen LogP contribution in [-0.2, 0) is 27.7 Å². The van der Waals surface area contributed by atoms with E-state index in [-0.39, 0.29) is 16.1 Å². The molecule has 0 saturated heterocycles. The second kappa shape index (κ2) is 5.41. The first-order chi connectivity index (χ1) is 10.3. The van der Waals surface area contributed by atoms with Crippen molar-refractivity contribution in [1.29, 1.82) is 0 Å². The van der Waals surface area contributed by atoms with Crippen molar-refractivity contribution in [3.8, 4) is 0 Å². The molecule has 23 heavy (non-hydrogen) atoms. The van der Waals surface area contributed by atoms with Gasteiger partial charge in [-0.05, 0) is 22.9 Å². The van der Waals surface area contributed by atoms with Gasteiger partial charge < -0.3 is 0 Å². The maximum absolute atomic E-state index is 12.9. The lowest BCUT2D eigenvalue weighted by Gasteiger charge is -2.21. The van der Waals surface area contributed by atoms with E-state index in [9.17, 15) is 17.4 Å². The molecule has 0 bridgehead atoms. The summed E-state index contributed by atoms with van der Waals surface area (Å²) in [5.74, 6) is 2.07. The zero-order chi connectivity index (χ0) is 17.8. The third-order valence-corrected chi connectivity index (χ3v) is 5.51. The average Bonchev–Trinajstić information content (AvgIpc) is 2.64. The Morgan fingerprint density at radius 1 is 1.30 bits per heavy atom. The molecule has 0 aliphatic carbocycles. The van der Waals surface area contributed by atoms with Crippen LogP contribution >= 0.6 is 11.6 Å². The first-order valence-electron chi connectivity index (χ1n) is 6.81. The molecule has 0 N–H and O–H groups in total. The number of nitrogens with zero attached hydrogens (tertiary/aromatic N) is 2. The summed E-state index contributed by atoms with van der Waals surface area (Å²) >= 11 is 6.19. The molecule has 1 aromatic heterocycles. The van der Waals surface area contributed by atoms with E-state index in [0.717, 1.165) is 5.56 Å². The molecular weight excluding hydrogens is 349 g/mol. The SMILES string of the molecule is C=S(=O)(Cc1nn(C)c2c(C(C)(C)C)ccc(Cl)c12)C(F)(F)F. The van der Waals surface area contributed by atoms with Crippen molar-refractivity contribution in [3.63, 3.8) is 0 Å². The lowest BCUT2D eigenvalue weighted by Crippen LogP contribution is -2.24. The molecule has 1 heterocycles. The molecule has 8 heteroatoms. The normalized spacial score (nSPS) is 15.8. The fraction of sp³-hybridized carbons (Fsp3) is 0.467. The molecule has 3 nitrogen and oxygen atoms in total. The van der Waals surface area contributed by atoms with E-state index < -0.39 is 20.8 Å². The van der Waals surface area contributed by atoms with Gasteiger partial charge in [-0.3, -0.25) is 8.89 Å². The standard InChI is InChI=1S/C15H18ClF3N2OS/c1-14(2,3)9-6-7-10(16)12-11(20-21(4)13(9)12)8-23(5,22)15(17,18)19/h6-7H,5,8H2,1-4H3. The minimum absolute atomic E-state index is 0.0518. The van der Waals surface area contributed by atoms with E-state index in [0.29, 0.717) is 10.9 Å². The minimum Gasteiger partial charge on any atom is -0.267 e. The lowest BCUT2D eigenvalue weighted by atomic mass is 9.85. The highest BCUT2D eigenvalue weighted by Gasteiger charge is 2.40. The van der Waals surface area contributed by atoms with Crippen molar-refractivity contribution in [1.82, 2.24) is 9.78 Å². The van der Waals surface area contributed by atoms with Crippen molar-refractivity contribution in [3.05, 3.63) is 28.4 Å². The number of hydrogen-bond donors (Lipinski definition) is 0. The van der Waals surface area contributed by atoms with E-state index in [1.54, 1.807) is 13.1 Å². The van der Waals surface area contributed by atoms with Crippen LogP contribution in [0.5, 0.6) is 0 Å². The Hall–Kier alpha value is -1.21. The number of hydrogen-bond acceptors (Lipinski definition) is 2. The average molecular weight is 367 g/mol. The fourth-order valence-electron chi connectivity index (χ4n) is 2.47. The van der Waals surface area contributed by atoms with Gasteiger partial charge in [0.05, 0.1) is 31.5 Å². The maximum atomic E-state index is 12.9. The van der Waals surface area contributed by atoms with Crippen molar-refractivity contribution in [2.45, 2.75) is 37.4 Å². The monoisotopic (exact) mass is 366 g/mol. The van der Waals surface area contributed by atoms with Gasteiger partial charge in [0, 0.05) is 12.4 Å². The fourth-order valence-corrected chi connectivity index (χ4v) is 3.54. The number of aromatic nitrogens is 2. The first kappa shape index (κ1) is 18.1. The van der Waals surface area contributed by atoms with Gasteiger partial charge in [-0.25, -0.2) is 0 Å². The van der Waals surface area contributed by atoms with Gasteiger partial charge in [-0.15, -0.1) is 0 Å². The molecule has 0 amide bonds. The summed E-state index contributed by atoms with van der Waals surface area (Å²) in [6.45, 7) is 5.97. The van der Waals surface area contributed by atoms with Crippen LogP contribution in [0.4, 0.5) is 13.2 Å². The number of halogens is 4. The predicted octanol–water partition coefficient (Wildman–Crippen LogP) is 4.26. The molecule has 1 aromatic carbocycles. The van der Waals surface area contributed by atoms with E-state index >= 15 is 0 Å². The summed E-state index contributed by atoms with van der Waals surface area (Å²) in [6.07, 6.45) is 0. The molecule has 128 valence electrons. The van der Waals surface area contributed by atoms with Gasteiger partial charge >= 0.3 is 5.51 Å².